The van der Waals surface area contributed by atoms with Crippen LogP contribution in [0.3, 0.4) is 0 Å². The molecular weight excluding hydrogens is 456 g/mol. The van der Waals surface area contributed by atoms with E-state index in [1.807, 2.05) is 0 Å². The van der Waals surface area contributed by atoms with Crippen LogP contribution in [0.1, 0.15) is 0 Å². The van der Waals surface area contributed by atoms with Gasteiger partial charge in [0.1, 0.15) is 27.6 Å². The number of nitrogens with two attached hydrogens (primary N) is 1. The number of nitrogens with zero attached hydrogens (tertiary/aromatic N) is 5. The zero-order valence-electron chi connectivity index (χ0n) is 17.1. The molecule has 1 aromatic heterocycles. The van der Waals surface area contributed by atoms with Gasteiger partial charge in [-0.05, 0) is 24.3 Å². The molecule has 4 rings (SSSR count). The van der Waals surface area contributed by atoms with Crippen molar-refractivity contribution in [2.24, 2.45) is 18.2 Å². The standard InChI is InChI=1S/C19H22N6O5S2/c1-23-21-7-13(22-23)31-9-19(18(29)30)8-24-16(28)15(17(24)32-10-19)25(14(27)6-20)11-2-4-12(26)5-3-11/h2-5,7,15,17,26H,6,8-10,20H2,1H3,(H,29,30)/t15?,17-,19?/m1/s1. The SMILES string of the molecule is Cn1ncc(SCC2(C(=O)O)CS[C@@H]3C(N(C(=O)CN)c4ccc(O)cc4)C(=O)N3C2)n1. The van der Waals surface area contributed by atoms with E-state index in [1.165, 1.54) is 50.3 Å². The number of anilines is 1. The Hall–Kier alpha value is -2.77. The molecule has 1 aromatic carbocycles. The lowest BCUT2D eigenvalue weighted by atomic mass is 9.89. The van der Waals surface area contributed by atoms with Crippen LogP contribution >= 0.6 is 23.5 Å². The maximum absolute atomic E-state index is 13.1. The Labute approximate surface area is 191 Å². The summed E-state index contributed by atoms with van der Waals surface area (Å²) in [6.45, 7) is -0.237. The third-order valence-corrected chi connectivity index (χ3v) is 8.25. The molecule has 170 valence electrons. The number of aromatic nitrogens is 3. The molecule has 2 fully saturated rings. The zero-order chi connectivity index (χ0) is 23.0. The number of amides is 2. The van der Waals surface area contributed by atoms with Crippen molar-refractivity contribution in [2.45, 2.75) is 16.4 Å². The van der Waals surface area contributed by atoms with Gasteiger partial charge < -0.3 is 20.8 Å². The van der Waals surface area contributed by atoms with Gasteiger partial charge in [-0.15, -0.1) is 28.6 Å². The van der Waals surface area contributed by atoms with Crippen molar-refractivity contribution in [2.75, 3.05) is 29.5 Å². The zero-order valence-corrected chi connectivity index (χ0v) is 18.8. The van der Waals surface area contributed by atoms with Gasteiger partial charge in [0.15, 0.2) is 0 Å². The van der Waals surface area contributed by atoms with E-state index in [0.717, 1.165) is 0 Å². The summed E-state index contributed by atoms with van der Waals surface area (Å²) >= 11 is 2.63. The highest BCUT2D eigenvalue weighted by atomic mass is 32.2. The molecule has 3 atom stereocenters. The molecule has 2 saturated heterocycles. The number of phenolic OH excluding ortho intramolecular Hbond substituents is 1. The van der Waals surface area contributed by atoms with E-state index >= 15 is 0 Å². The van der Waals surface area contributed by atoms with Crippen LogP contribution in [0.15, 0.2) is 35.5 Å². The predicted octanol–water partition coefficient (Wildman–Crippen LogP) is -0.0406. The third kappa shape index (κ3) is 3.91. The van der Waals surface area contributed by atoms with Crippen LogP contribution in [-0.2, 0) is 21.4 Å². The Morgan fingerprint density at radius 1 is 1.38 bits per heavy atom. The summed E-state index contributed by atoms with van der Waals surface area (Å²) < 4.78 is 0. The Kier molecular flexibility index (Phi) is 6.05. The second-order valence-electron chi connectivity index (χ2n) is 7.64. The van der Waals surface area contributed by atoms with Gasteiger partial charge in [0.2, 0.25) is 11.8 Å². The Morgan fingerprint density at radius 2 is 2.09 bits per heavy atom. The highest BCUT2D eigenvalue weighted by molar-refractivity contribution is 8.00. The highest BCUT2D eigenvalue weighted by Gasteiger charge is 2.59. The first-order valence-corrected chi connectivity index (χ1v) is 11.7. The number of carbonyl (C=O) groups is 3. The fourth-order valence-corrected chi connectivity index (χ4v) is 6.52. The first-order valence-electron chi connectivity index (χ1n) is 9.71. The summed E-state index contributed by atoms with van der Waals surface area (Å²) in [5.41, 5.74) is 4.89. The van der Waals surface area contributed by atoms with Gasteiger partial charge in [-0.25, -0.2) is 0 Å². The minimum absolute atomic E-state index is 0.0364. The smallest absolute Gasteiger partial charge is 0.313 e. The van der Waals surface area contributed by atoms with Gasteiger partial charge in [-0.1, -0.05) is 0 Å². The fourth-order valence-electron chi connectivity index (χ4n) is 3.76. The summed E-state index contributed by atoms with van der Waals surface area (Å²) in [5, 5.41) is 27.9. The summed E-state index contributed by atoms with van der Waals surface area (Å²) in [6, 6.07) is 5.18. The van der Waals surface area contributed by atoms with Gasteiger partial charge in [-0.3, -0.25) is 19.3 Å². The monoisotopic (exact) mass is 478 g/mol. The number of aryl methyl sites for hydroxylation is 1. The topological polar surface area (TPSA) is 155 Å². The van der Waals surface area contributed by atoms with Crippen molar-refractivity contribution in [1.82, 2.24) is 19.9 Å². The number of phenols is 1. The molecule has 2 aliphatic heterocycles. The average molecular weight is 479 g/mol. The Bertz CT molecular complexity index is 1050. The van der Waals surface area contributed by atoms with Gasteiger partial charge >= 0.3 is 5.97 Å². The van der Waals surface area contributed by atoms with Gasteiger partial charge in [0.25, 0.3) is 0 Å². The van der Waals surface area contributed by atoms with Crippen LogP contribution in [-0.4, -0.2) is 83.9 Å². The Balaban J connectivity index is 1.53. The highest BCUT2D eigenvalue weighted by Crippen LogP contribution is 2.46. The second-order valence-corrected chi connectivity index (χ2v) is 9.74. The van der Waals surface area contributed by atoms with E-state index in [-0.39, 0.29) is 41.6 Å². The van der Waals surface area contributed by atoms with Crippen LogP contribution < -0.4 is 10.6 Å². The molecule has 3 heterocycles. The summed E-state index contributed by atoms with van der Waals surface area (Å²) in [7, 11) is 1.68. The van der Waals surface area contributed by atoms with Crippen LogP contribution in [0, 0.1) is 5.41 Å². The number of thioether (sulfide) groups is 2. The average Bonchev–Trinajstić information content (AvgIpc) is 3.21. The van der Waals surface area contributed by atoms with Crippen molar-refractivity contribution < 1.29 is 24.6 Å². The molecule has 4 N–H and O–H groups in total. The van der Waals surface area contributed by atoms with Crippen molar-refractivity contribution >= 4 is 47.0 Å². The van der Waals surface area contributed by atoms with Crippen molar-refractivity contribution in [3.05, 3.63) is 30.5 Å². The molecule has 0 spiro atoms. The van der Waals surface area contributed by atoms with E-state index in [4.69, 9.17) is 5.73 Å². The number of β-lactam (4-membered cyclic amide) rings is 1. The van der Waals surface area contributed by atoms with Crippen LogP contribution in [0.25, 0.3) is 0 Å². The number of carboxylic acids is 1. The van der Waals surface area contributed by atoms with Crippen LogP contribution in [0.4, 0.5) is 5.69 Å². The molecular formula is C19H22N6O5S2. The van der Waals surface area contributed by atoms with Gasteiger partial charge in [-0.2, -0.15) is 9.90 Å². The second kappa shape index (κ2) is 8.64. The summed E-state index contributed by atoms with van der Waals surface area (Å²) in [6.07, 6.45) is 1.57. The number of aromatic hydroxyl groups is 1. The first-order chi connectivity index (χ1) is 15.3. The normalized spacial score (nSPS) is 24.6. The molecule has 0 saturated carbocycles. The number of fused-ring (bicyclic) bond motifs is 1. The quantitative estimate of drug-likeness (QED) is 0.365. The molecule has 2 amide bonds. The molecule has 11 nitrogen and oxygen atoms in total. The number of aliphatic carboxylic acids is 1. The van der Waals surface area contributed by atoms with Crippen molar-refractivity contribution in [3.63, 3.8) is 0 Å². The lowest BCUT2D eigenvalue weighted by Crippen LogP contribution is -2.75. The third-order valence-electron chi connectivity index (χ3n) is 5.49. The Morgan fingerprint density at radius 3 is 2.69 bits per heavy atom. The van der Waals surface area contributed by atoms with E-state index in [0.29, 0.717) is 10.7 Å². The number of carbonyl (C=O) groups excluding carboxylic acids is 2. The van der Waals surface area contributed by atoms with Gasteiger partial charge in [0.05, 0.1) is 12.7 Å². The van der Waals surface area contributed by atoms with Crippen molar-refractivity contribution in [1.29, 1.82) is 0 Å². The number of benzene rings is 1. The minimum atomic E-state index is -1.15. The number of hydrogen-bond donors (Lipinski definition) is 3. The van der Waals surface area contributed by atoms with E-state index < -0.39 is 23.3 Å². The van der Waals surface area contributed by atoms with E-state index in [9.17, 15) is 24.6 Å². The maximum atomic E-state index is 13.1. The van der Waals surface area contributed by atoms with Gasteiger partial charge in [0, 0.05) is 30.8 Å². The van der Waals surface area contributed by atoms with E-state index in [1.54, 1.807) is 25.4 Å². The molecule has 0 aliphatic carbocycles. The minimum Gasteiger partial charge on any atom is -0.508 e. The number of carboxylic acid groups (broad SMARTS) is 1. The molecule has 13 heteroatoms. The largest absolute Gasteiger partial charge is 0.508 e. The predicted molar refractivity (Wildman–Crippen MR) is 118 cm³/mol. The van der Waals surface area contributed by atoms with E-state index in [2.05, 4.69) is 10.2 Å². The van der Waals surface area contributed by atoms with Crippen LogP contribution in [0.2, 0.25) is 0 Å². The fraction of sp³-hybridized carbons (Fsp3) is 0.421. The summed E-state index contributed by atoms with van der Waals surface area (Å²) in [4.78, 5) is 42.1. The number of rotatable bonds is 7. The molecule has 0 bridgehead atoms. The summed E-state index contributed by atoms with van der Waals surface area (Å²) in [5.74, 6) is -1.19. The molecule has 0 radical (unpaired) electrons. The molecule has 2 aromatic rings. The van der Waals surface area contributed by atoms with Crippen LogP contribution in [0.5, 0.6) is 5.75 Å². The lowest BCUT2D eigenvalue weighted by Gasteiger charge is -2.56. The lowest BCUT2D eigenvalue weighted by molar-refractivity contribution is -0.156. The molecule has 32 heavy (non-hydrogen) atoms. The molecule has 2 aliphatic rings. The number of hydrogen-bond acceptors (Lipinski definition) is 9. The molecule has 2 unspecified atom stereocenters. The maximum Gasteiger partial charge on any atom is 0.313 e. The van der Waals surface area contributed by atoms with Crippen molar-refractivity contribution in [3.8, 4) is 5.75 Å². The first kappa shape index (κ1) is 22.4.